The maximum Gasteiger partial charge on any atom is 0.173 e. The standard InChI is InChI=1S/C16H18FNO2/c17-15-10-14(8-4-5-9-19)18-11-16(15)20-12-13-6-2-1-3-7-13/h1-3,6-7,10-11,19H,4-5,8-9,12H2. The Hall–Kier alpha value is -1.94. The van der Waals surface area contributed by atoms with Gasteiger partial charge in [0.15, 0.2) is 11.6 Å². The van der Waals surface area contributed by atoms with E-state index in [9.17, 15) is 4.39 Å². The van der Waals surface area contributed by atoms with Gasteiger partial charge in [-0.05, 0) is 30.9 Å². The molecule has 0 saturated heterocycles. The summed E-state index contributed by atoms with van der Waals surface area (Å²) in [6.45, 7) is 0.476. The normalized spacial score (nSPS) is 10.5. The van der Waals surface area contributed by atoms with Gasteiger partial charge in [0.05, 0.1) is 6.20 Å². The van der Waals surface area contributed by atoms with Crippen molar-refractivity contribution >= 4 is 0 Å². The molecule has 0 aliphatic rings. The number of ether oxygens (including phenoxy) is 1. The van der Waals surface area contributed by atoms with E-state index in [1.165, 1.54) is 12.3 Å². The lowest BCUT2D eigenvalue weighted by atomic mass is 10.2. The number of halogens is 1. The lowest BCUT2D eigenvalue weighted by molar-refractivity contribution is 0.283. The molecule has 3 nitrogen and oxygen atoms in total. The average molecular weight is 275 g/mol. The van der Waals surface area contributed by atoms with Crippen LogP contribution in [0.5, 0.6) is 5.75 Å². The van der Waals surface area contributed by atoms with Gasteiger partial charge in [-0.3, -0.25) is 4.98 Å². The summed E-state index contributed by atoms with van der Waals surface area (Å²) in [5.74, 6) is -0.227. The van der Waals surface area contributed by atoms with E-state index in [0.29, 0.717) is 25.1 Å². The quantitative estimate of drug-likeness (QED) is 0.789. The lowest BCUT2D eigenvalue weighted by Crippen LogP contribution is -2.00. The van der Waals surface area contributed by atoms with Gasteiger partial charge in [0.1, 0.15) is 6.61 Å². The van der Waals surface area contributed by atoms with Crippen LogP contribution in [0, 0.1) is 5.82 Å². The Balaban J connectivity index is 1.92. The maximum atomic E-state index is 13.8. The van der Waals surface area contributed by atoms with Crippen molar-refractivity contribution in [1.82, 2.24) is 4.98 Å². The molecular weight excluding hydrogens is 257 g/mol. The predicted octanol–water partition coefficient (Wildman–Crippen LogP) is 3.11. The van der Waals surface area contributed by atoms with Gasteiger partial charge in [-0.15, -0.1) is 0 Å². The lowest BCUT2D eigenvalue weighted by Gasteiger charge is -2.08. The Bertz CT molecular complexity index is 531. The summed E-state index contributed by atoms with van der Waals surface area (Å²) in [7, 11) is 0. The number of rotatable bonds is 7. The zero-order valence-electron chi connectivity index (χ0n) is 11.3. The van der Waals surface area contributed by atoms with Crippen molar-refractivity contribution in [3.63, 3.8) is 0 Å². The van der Waals surface area contributed by atoms with E-state index < -0.39 is 5.82 Å². The van der Waals surface area contributed by atoms with Gasteiger partial charge >= 0.3 is 0 Å². The molecule has 0 spiro atoms. The van der Waals surface area contributed by atoms with E-state index in [0.717, 1.165) is 12.0 Å². The number of aryl methyl sites for hydroxylation is 1. The summed E-state index contributed by atoms with van der Waals surface area (Å²) in [6, 6.07) is 11.0. The number of hydrogen-bond donors (Lipinski definition) is 1. The third-order valence-corrected chi connectivity index (χ3v) is 2.95. The van der Waals surface area contributed by atoms with Crippen LogP contribution in [0.25, 0.3) is 0 Å². The number of pyridine rings is 1. The minimum absolute atomic E-state index is 0.154. The number of nitrogens with zero attached hydrogens (tertiary/aromatic N) is 1. The molecule has 20 heavy (non-hydrogen) atoms. The molecule has 1 N–H and O–H groups in total. The van der Waals surface area contributed by atoms with Crippen molar-refractivity contribution in [2.75, 3.05) is 6.61 Å². The molecule has 0 bridgehead atoms. The highest BCUT2D eigenvalue weighted by Crippen LogP contribution is 2.18. The van der Waals surface area contributed by atoms with Crippen molar-refractivity contribution in [3.05, 3.63) is 59.7 Å². The Kier molecular flexibility index (Phi) is 5.50. The molecule has 0 atom stereocenters. The largest absolute Gasteiger partial charge is 0.484 e. The molecule has 0 saturated carbocycles. The summed E-state index contributed by atoms with van der Waals surface area (Å²) in [5, 5.41) is 8.71. The monoisotopic (exact) mass is 275 g/mol. The zero-order chi connectivity index (χ0) is 14.2. The van der Waals surface area contributed by atoms with Gasteiger partial charge in [-0.1, -0.05) is 30.3 Å². The van der Waals surface area contributed by atoms with Gasteiger partial charge in [0.25, 0.3) is 0 Å². The highest BCUT2D eigenvalue weighted by molar-refractivity contribution is 5.23. The molecule has 1 heterocycles. The molecule has 106 valence electrons. The Morgan fingerprint density at radius 1 is 1.15 bits per heavy atom. The van der Waals surface area contributed by atoms with Crippen molar-refractivity contribution in [2.24, 2.45) is 0 Å². The van der Waals surface area contributed by atoms with E-state index in [1.54, 1.807) is 0 Å². The summed E-state index contributed by atoms with van der Waals surface area (Å²) >= 11 is 0. The van der Waals surface area contributed by atoms with Crippen LogP contribution in [-0.2, 0) is 13.0 Å². The van der Waals surface area contributed by atoms with E-state index >= 15 is 0 Å². The average Bonchev–Trinajstić information content (AvgIpc) is 2.48. The van der Waals surface area contributed by atoms with E-state index in [1.807, 2.05) is 30.3 Å². The molecule has 1 aromatic heterocycles. The van der Waals surface area contributed by atoms with Gasteiger partial charge in [-0.2, -0.15) is 0 Å². The number of unbranched alkanes of at least 4 members (excludes halogenated alkanes) is 1. The molecule has 1 aromatic carbocycles. The molecule has 2 rings (SSSR count). The van der Waals surface area contributed by atoms with Crippen LogP contribution >= 0.6 is 0 Å². The van der Waals surface area contributed by atoms with Crippen molar-refractivity contribution in [1.29, 1.82) is 0 Å². The second-order valence-electron chi connectivity index (χ2n) is 4.56. The van der Waals surface area contributed by atoms with Crippen molar-refractivity contribution < 1.29 is 14.2 Å². The first-order chi connectivity index (χ1) is 9.79. The third kappa shape index (κ3) is 4.31. The fraction of sp³-hybridized carbons (Fsp3) is 0.312. The Morgan fingerprint density at radius 2 is 1.95 bits per heavy atom. The van der Waals surface area contributed by atoms with Crippen LogP contribution in [0.3, 0.4) is 0 Å². The van der Waals surface area contributed by atoms with Gasteiger partial charge in [-0.25, -0.2) is 4.39 Å². The molecule has 0 fully saturated rings. The van der Waals surface area contributed by atoms with Crippen LogP contribution in [0.4, 0.5) is 4.39 Å². The molecule has 0 amide bonds. The van der Waals surface area contributed by atoms with Crippen molar-refractivity contribution in [3.8, 4) is 5.75 Å². The summed E-state index contributed by atoms with van der Waals surface area (Å²) < 4.78 is 19.3. The van der Waals surface area contributed by atoms with Crippen LogP contribution in [-0.4, -0.2) is 16.7 Å². The highest BCUT2D eigenvalue weighted by Gasteiger charge is 2.06. The van der Waals surface area contributed by atoms with Gasteiger partial charge in [0, 0.05) is 12.3 Å². The Morgan fingerprint density at radius 3 is 2.65 bits per heavy atom. The second kappa shape index (κ2) is 7.60. The zero-order valence-corrected chi connectivity index (χ0v) is 11.3. The van der Waals surface area contributed by atoms with Gasteiger partial charge < -0.3 is 9.84 Å². The second-order valence-corrected chi connectivity index (χ2v) is 4.56. The van der Waals surface area contributed by atoms with E-state index in [2.05, 4.69) is 4.98 Å². The minimum atomic E-state index is -0.394. The van der Waals surface area contributed by atoms with Gasteiger partial charge in [0.2, 0.25) is 0 Å². The molecule has 0 unspecified atom stereocenters. The molecular formula is C16H18FNO2. The molecule has 0 aliphatic carbocycles. The van der Waals surface area contributed by atoms with Crippen LogP contribution in [0.15, 0.2) is 42.6 Å². The first-order valence-electron chi connectivity index (χ1n) is 6.71. The molecule has 0 radical (unpaired) electrons. The predicted molar refractivity (Wildman–Crippen MR) is 75.0 cm³/mol. The fourth-order valence-electron chi connectivity index (χ4n) is 1.85. The minimum Gasteiger partial charge on any atom is -0.484 e. The van der Waals surface area contributed by atoms with Crippen LogP contribution < -0.4 is 4.74 Å². The van der Waals surface area contributed by atoms with E-state index in [-0.39, 0.29) is 12.4 Å². The van der Waals surface area contributed by atoms with E-state index in [4.69, 9.17) is 9.84 Å². The van der Waals surface area contributed by atoms with Crippen molar-refractivity contribution in [2.45, 2.75) is 25.9 Å². The number of hydrogen-bond acceptors (Lipinski definition) is 3. The van der Waals surface area contributed by atoms with Crippen LogP contribution in [0.2, 0.25) is 0 Å². The molecule has 2 aromatic rings. The summed E-state index contributed by atoms with van der Waals surface area (Å²) in [5.41, 5.74) is 1.67. The topological polar surface area (TPSA) is 42.4 Å². The summed E-state index contributed by atoms with van der Waals surface area (Å²) in [4.78, 5) is 4.18. The molecule has 4 heteroatoms. The molecule has 0 aliphatic heterocycles. The number of aliphatic hydroxyl groups is 1. The first-order valence-corrected chi connectivity index (χ1v) is 6.71. The number of aromatic nitrogens is 1. The number of aliphatic hydroxyl groups excluding tert-OH is 1. The maximum absolute atomic E-state index is 13.8. The SMILES string of the molecule is OCCCCc1cc(F)c(OCc2ccccc2)cn1. The summed E-state index contributed by atoms with van der Waals surface area (Å²) in [6.07, 6.45) is 3.59. The number of benzene rings is 1. The van der Waals surface area contributed by atoms with Crippen LogP contribution in [0.1, 0.15) is 24.1 Å². The third-order valence-electron chi connectivity index (χ3n) is 2.95. The Labute approximate surface area is 118 Å². The smallest absolute Gasteiger partial charge is 0.173 e. The fourth-order valence-corrected chi connectivity index (χ4v) is 1.85. The highest BCUT2D eigenvalue weighted by atomic mass is 19.1. The first kappa shape index (κ1) is 14.5.